The van der Waals surface area contributed by atoms with Crippen molar-refractivity contribution in [2.24, 2.45) is 4.99 Å². The van der Waals surface area contributed by atoms with Gasteiger partial charge in [0.25, 0.3) is 0 Å². The van der Waals surface area contributed by atoms with Crippen molar-refractivity contribution in [3.63, 3.8) is 0 Å². The first kappa shape index (κ1) is 11.6. The molecule has 1 aliphatic carbocycles. The van der Waals surface area contributed by atoms with Crippen LogP contribution < -0.4 is 0 Å². The van der Waals surface area contributed by atoms with Gasteiger partial charge in [-0.25, -0.2) is 4.99 Å². The maximum absolute atomic E-state index is 5.43. The van der Waals surface area contributed by atoms with Gasteiger partial charge in [0.15, 0.2) is 0 Å². The van der Waals surface area contributed by atoms with E-state index in [-0.39, 0.29) is 0 Å². The lowest BCUT2D eigenvalue weighted by Gasteiger charge is -2.06. The Morgan fingerprint density at radius 2 is 2.32 bits per heavy atom. The molecule has 3 nitrogen and oxygen atoms in total. The first-order valence-corrected chi connectivity index (χ1v) is 6.30. The molecule has 94 valence electrons. The average Bonchev–Trinajstić information content (AvgIpc) is 3.13. The molecule has 2 aliphatic rings. The minimum atomic E-state index is 0.622. The molecule has 0 unspecified atom stereocenters. The topological polar surface area (TPSA) is 37.4 Å². The number of aliphatic imine (C=N–C) groups is 1. The molecule has 19 heavy (non-hydrogen) atoms. The van der Waals surface area contributed by atoms with Crippen LogP contribution in [-0.4, -0.2) is 17.5 Å². The van der Waals surface area contributed by atoms with Gasteiger partial charge in [0.1, 0.15) is 0 Å². The van der Waals surface area contributed by atoms with Crippen molar-refractivity contribution in [3.8, 4) is 0 Å². The number of hydrogen-bond donors (Lipinski definition) is 1. The average molecular weight is 250 g/mol. The van der Waals surface area contributed by atoms with Crippen LogP contribution in [0, 0.1) is 0 Å². The van der Waals surface area contributed by atoms with E-state index in [0.717, 1.165) is 22.5 Å². The fourth-order valence-corrected chi connectivity index (χ4v) is 2.10. The third-order valence-corrected chi connectivity index (χ3v) is 2.90. The van der Waals surface area contributed by atoms with Gasteiger partial charge in [0.2, 0.25) is 5.90 Å². The summed E-state index contributed by atoms with van der Waals surface area (Å²) in [4.78, 5) is 7.74. The first-order chi connectivity index (χ1) is 9.38. The highest BCUT2D eigenvalue weighted by Gasteiger charge is 2.16. The van der Waals surface area contributed by atoms with Gasteiger partial charge in [-0.2, -0.15) is 0 Å². The van der Waals surface area contributed by atoms with Crippen molar-refractivity contribution >= 4 is 11.5 Å². The van der Waals surface area contributed by atoms with Crippen molar-refractivity contribution in [2.45, 2.75) is 6.92 Å². The molecule has 1 aromatic heterocycles. The second-order valence-electron chi connectivity index (χ2n) is 4.14. The first-order valence-electron chi connectivity index (χ1n) is 6.30. The predicted molar refractivity (Wildman–Crippen MR) is 76.6 cm³/mol. The maximum Gasteiger partial charge on any atom is 0.213 e. The molecule has 0 saturated carbocycles. The normalized spacial score (nSPS) is 18.8. The summed E-state index contributed by atoms with van der Waals surface area (Å²) >= 11 is 0. The summed E-state index contributed by atoms with van der Waals surface area (Å²) in [6, 6.07) is 4.01. The number of ether oxygens (including phenoxy) is 1. The number of hydrogen-bond acceptors (Lipinski definition) is 2. The Labute approximate surface area is 112 Å². The van der Waals surface area contributed by atoms with Crippen LogP contribution in [0.4, 0.5) is 0 Å². The molecule has 0 atom stereocenters. The van der Waals surface area contributed by atoms with E-state index in [2.05, 4.69) is 15.7 Å². The second-order valence-corrected chi connectivity index (χ2v) is 4.14. The zero-order chi connectivity index (χ0) is 13.1. The molecule has 0 radical (unpaired) electrons. The van der Waals surface area contributed by atoms with Crippen LogP contribution in [0.15, 0.2) is 70.7 Å². The lowest BCUT2D eigenvalue weighted by atomic mass is 10.0. The molecule has 0 aromatic carbocycles. The molecule has 1 N–H and O–H groups in total. The van der Waals surface area contributed by atoms with Crippen molar-refractivity contribution in [2.75, 3.05) is 6.61 Å². The number of allylic oxidation sites excluding steroid dienone is 5. The standard InChI is InChI=1S/C16H14N2O/c1-2-19-15-10-9-14(18-15)16(12-6-3-4-7-12)13-8-5-11-17-13/h3-6,8-11,17H,2H2,1H3/b16-14-. The van der Waals surface area contributed by atoms with E-state index >= 15 is 0 Å². The van der Waals surface area contributed by atoms with Gasteiger partial charge >= 0.3 is 0 Å². The van der Waals surface area contributed by atoms with E-state index < -0.39 is 0 Å². The number of nitrogens with one attached hydrogen (secondary N) is 1. The van der Waals surface area contributed by atoms with E-state index in [1.807, 2.05) is 55.6 Å². The smallest absolute Gasteiger partial charge is 0.213 e. The summed E-state index contributed by atoms with van der Waals surface area (Å²) < 4.78 is 5.43. The Balaban J connectivity index is 2.09. The number of rotatable bonds is 3. The minimum absolute atomic E-state index is 0.622. The highest BCUT2D eigenvalue weighted by molar-refractivity contribution is 5.96. The fourth-order valence-electron chi connectivity index (χ4n) is 2.10. The molecule has 0 spiro atoms. The summed E-state index contributed by atoms with van der Waals surface area (Å²) in [7, 11) is 0. The summed E-state index contributed by atoms with van der Waals surface area (Å²) in [6.45, 7) is 2.58. The van der Waals surface area contributed by atoms with Crippen molar-refractivity contribution < 1.29 is 4.74 Å². The van der Waals surface area contributed by atoms with E-state index in [1.165, 1.54) is 0 Å². The minimum Gasteiger partial charge on any atom is -0.478 e. The van der Waals surface area contributed by atoms with Crippen LogP contribution in [0.1, 0.15) is 12.6 Å². The maximum atomic E-state index is 5.43. The van der Waals surface area contributed by atoms with Gasteiger partial charge in [0, 0.05) is 29.1 Å². The van der Waals surface area contributed by atoms with E-state index in [4.69, 9.17) is 4.74 Å². The molecule has 0 amide bonds. The Kier molecular flexibility index (Phi) is 3.05. The molecular formula is C16H14N2O. The lowest BCUT2D eigenvalue weighted by Crippen LogP contribution is -1.97. The Morgan fingerprint density at radius 1 is 1.37 bits per heavy atom. The summed E-state index contributed by atoms with van der Waals surface area (Å²) in [5.74, 6) is 0.660. The largest absolute Gasteiger partial charge is 0.478 e. The Bertz CT molecular complexity index is 664. The Hall–Kier alpha value is -2.51. The van der Waals surface area contributed by atoms with Crippen LogP contribution in [-0.2, 0) is 4.74 Å². The highest BCUT2D eigenvalue weighted by atomic mass is 16.5. The fraction of sp³-hybridized carbons (Fsp3) is 0.125. The van der Waals surface area contributed by atoms with Crippen LogP contribution in [0.5, 0.6) is 0 Å². The van der Waals surface area contributed by atoms with Gasteiger partial charge in [0.05, 0.1) is 12.3 Å². The van der Waals surface area contributed by atoms with Gasteiger partial charge < -0.3 is 9.72 Å². The SMILES string of the molecule is CCOC1=N/C(=C(/C2=C=CC=C2)c2ccc[nH]2)C=C1. The number of aromatic nitrogens is 1. The molecule has 3 heteroatoms. The summed E-state index contributed by atoms with van der Waals surface area (Å²) in [5.41, 5.74) is 7.23. The molecule has 2 heterocycles. The van der Waals surface area contributed by atoms with Crippen molar-refractivity contribution in [1.82, 2.24) is 4.98 Å². The van der Waals surface area contributed by atoms with Crippen LogP contribution in [0.2, 0.25) is 0 Å². The number of nitrogens with zero attached hydrogens (tertiary/aromatic N) is 1. The molecular weight excluding hydrogens is 236 g/mol. The second kappa shape index (κ2) is 5.01. The predicted octanol–water partition coefficient (Wildman–Crippen LogP) is 3.38. The van der Waals surface area contributed by atoms with Crippen molar-refractivity contribution in [3.05, 3.63) is 71.4 Å². The van der Waals surface area contributed by atoms with Gasteiger partial charge in [-0.3, -0.25) is 0 Å². The lowest BCUT2D eigenvalue weighted by molar-refractivity contribution is 0.331. The monoisotopic (exact) mass is 250 g/mol. The highest BCUT2D eigenvalue weighted by Crippen LogP contribution is 2.30. The summed E-state index contributed by atoms with van der Waals surface area (Å²) in [6.07, 6.45) is 11.7. The third kappa shape index (κ3) is 2.24. The van der Waals surface area contributed by atoms with E-state index in [0.29, 0.717) is 12.5 Å². The zero-order valence-electron chi connectivity index (χ0n) is 10.7. The van der Waals surface area contributed by atoms with Gasteiger partial charge in [-0.05, 0) is 37.3 Å². The van der Waals surface area contributed by atoms with Crippen LogP contribution in [0.3, 0.4) is 0 Å². The van der Waals surface area contributed by atoms with E-state index in [9.17, 15) is 0 Å². The molecule has 3 rings (SSSR count). The number of H-pyrrole nitrogens is 1. The third-order valence-electron chi connectivity index (χ3n) is 2.90. The molecule has 1 aromatic rings. The van der Waals surface area contributed by atoms with Crippen LogP contribution >= 0.6 is 0 Å². The van der Waals surface area contributed by atoms with Crippen molar-refractivity contribution in [1.29, 1.82) is 0 Å². The van der Waals surface area contributed by atoms with Gasteiger partial charge in [-0.15, -0.1) is 5.73 Å². The van der Waals surface area contributed by atoms with Gasteiger partial charge in [-0.1, -0.05) is 6.08 Å². The quantitative estimate of drug-likeness (QED) is 0.820. The Morgan fingerprint density at radius 3 is 3.00 bits per heavy atom. The molecule has 0 saturated heterocycles. The van der Waals surface area contributed by atoms with Crippen LogP contribution in [0.25, 0.3) is 5.57 Å². The molecule has 0 fully saturated rings. The molecule has 1 aliphatic heterocycles. The summed E-state index contributed by atoms with van der Waals surface area (Å²) in [5, 5.41) is 0. The zero-order valence-corrected chi connectivity index (χ0v) is 10.7. The molecule has 0 bridgehead atoms. The van der Waals surface area contributed by atoms with E-state index in [1.54, 1.807) is 0 Å². The number of aromatic amines is 1.